The van der Waals surface area contributed by atoms with E-state index in [1.165, 1.54) is 5.06 Å². The summed E-state index contributed by atoms with van der Waals surface area (Å²) in [5.74, 6) is 0. The third-order valence-electron chi connectivity index (χ3n) is 1.35. The van der Waals surface area contributed by atoms with Crippen molar-refractivity contribution in [1.29, 1.82) is 0 Å². The molecule has 1 N–H and O–H groups in total. The highest BCUT2D eigenvalue weighted by molar-refractivity contribution is 7.84. The number of rotatable bonds is 4. The second kappa shape index (κ2) is 5.17. The Morgan fingerprint density at radius 2 is 1.93 bits per heavy atom. The van der Waals surface area contributed by atoms with E-state index in [-0.39, 0.29) is 0 Å². The fraction of sp³-hybridized carbons (Fsp3) is 1.00. The molecule has 0 amide bonds. The van der Waals surface area contributed by atoms with Gasteiger partial charge < -0.3 is 4.74 Å². The van der Waals surface area contributed by atoms with E-state index in [1.807, 2.05) is 0 Å². The second-order valence-electron chi connectivity index (χ2n) is 2.39. The molecule has 0 aliphatic carbocycles. The van der Waals surface area contributed by atoms with Gasteiger partial charge in [-0.25, -0.2) is 4.62 Å². The molecule has 84 valence electrons. The Morgan fingerprint density at radius 3 is 2.43 bits per heavy atom. The highest BCUT2D eigenvalue weighted by atomic mass is 32.3. The number of ether oxygens (including phenoxy) is 1. The van der Waals surface area contributed by atoms with Crippen LogP contribution in [0.25, 0.3) is 0 Å². The van der Waals surface area contributed by atoms with Crippen LogP contribution in [-0.4, -0.2) is 44.3 Å². The Bertz CT molecular complexity index is 297. The van der Waals surface area contributed by atoms with Crippen LogP contribution in [0.3, 0.4) is 0 Å². The lowest BCUT2D eigenvalue weighted by atomic mass is 10.5. The number of hydrogen-bond acceptors (Lipinski definition) is 7. The lowest BCUT2D eigenvalue weighted by molar-refractivity contribution is -0.118. The van der Waals surface area contributed by atoms with Gasteiger partial charge in [0.15, 0.2) is 0 Å². The summed E-state index contributed by atoms with van der Waals surface area (Å²) in [6.07, 6.45) is 0. The van der Waals surface area contributed by atoms with Crippen molar-refractivity contribution in [3.05, 3.63) is 0 Å². The highest BCUT2D eigenvalue weighted by Gasteiger charge is 2.18. The third kappa shape index (κ3) is 5.01. The molecule has 0 aromatic rings. The van der Waals surface area contributed by atoms with Gasteiger partial charge in [0.2, 0.25) is 0 Å². The Morgan fingerprint density at radius 1 is 1.36 bits per heavy atom. The maximum atomic E-state index is 10.8. The minimum Gasteiger partial charge on any atom is -0.379 e. The van der Waals surface area contributed by atoms with Crippen molar-refractivity contribution in [2.75, 3.05) is 26.3 Å². The predicted molar refractivity (Wildman–Crippen MR) is 45.1 cm³/mol. The zero-order valence-electron chi connectivity index (χ0n) is 7.08. The zero-order valence-corrected chi connectivity index (χ0v) is 8.90. The van der Waals surface area contributed by atoms with Crippen LogP contribution in [0.4, 0.5) is 0 Å². The summed E-state index contributed by atoms with van der Waals surface area (Å²) in [7, 11) is -7.99. The number of hydroxylamine groups is 2. The van der Waals surface area contributed by atoms with Crippen molar-refractivity contribution < 1.29 is 30.9 Å². The van der Waals surface area contributed by atoms with E-state index in [9.17, 15) is 13.0 Å². The van der Waals surface area contributed by atoms with Crippen LogP contribution in [0.15, 0.2) is 0 Å². The first-order valence-electron chi connectivity index (χ1n) is 3.69. The van der Waals surface area contributed by atoms with E-state index >= 15 is 0 Å². The molecular weight excluding hydrogens is 237 g/mol. The lowest BCUT2D eigenvalue weighted by Crippen LogP contribution is -2.34. The predicted octanol–water partition coefficient (Wildman–Crippen LogP) is -0.541. The quantitative estimate of drug-likeness (QED) is 0.522. The first kappa shape index (κ1) is 12.1. The molecule has 1 heterocycles. The fourth-order valence-corrected chi connectivity index (χ4v) is 2.05. The molecule has 1 rings (SSSR count). The average molecular weight is 247 g/mol. The molecule has 1 atom stereocenters. The monoisotopic (exact) mass is 247 g/mol. The topological polar surface area (TPSA) is 102 Å². The van der Waals surface area contributed by atoms with Crippen LogP contribution in [0.2, 0.25) is 0 Å². The van der Waals surface area contributed by atoms with Crippen molar-refractivity contribution in [3.8, 4) is 0 Å². The largest absolute Gasteiger partial charge is 0.404 e. The van der Waals surface area contributed by atoms with Gasteiger partial charge in [0.05, 0.1) is 13.2 Å². The Balaban J connectivity index is 2.32. The minimum absolute atomic E-state index is 0.366. The van der Waals surface area contributed by atoms with Gasteiger partial charge in [0, 0.05) is 13.1 Å². The van der Waals surface area contributed by atoms with Gasteiger partial charge in [-0.3, -0.25) is 9.12 Å². The van der Waals surface area contributed by atoms with Crippen LogP contribution < -0.4 is 0 Å². The summed E-state index contributed by atoms with van der Waals surface area (Å²) < 4.78 is 52.5. The Labute approximate surface area is 81.6 Å². The fourth-order valence-electron chi connectivity index (χ4n) is 0.844. The molecule has 0 radical (unpaired) electrons. The van der Waals surface area contributed by atoms with Gasteiger partial charge in [0.25, 0.3) is 0 Å². The number of hydrogen-bond donors (Lipinski definition) is 1. The second-order valence-corrected chi connectivity index (χ2v) is 4.60. The van der Waals surface area contributed by atoms with Crippen molar-refractivity contribution in [1.82, 2.24) is 5.06 Å². The summed E-state index contributed by atoms with van der Waals surface area (Å²) in [4.78, 5) is 0. The smallest absolute Gasteiger partial charge is 0.379 e. The van der Waals surface area contributed by atoms with Crippen molar-refractivity contribution >= 4 is 18.7 Å². The molecule has 0 aromatic carbocycles. The molecule has 0 aromatic heterocycles. The molecule has 1 aliphatic heterocycles. The number of morpholine rings is 1. The van der Waals surface area contributed by atoms with Crippen molar-refractivity contribution in [3.63, 3.8) is 0 Å². The van der Waals surface area contributed by atoms with Crippen molar-refractivity contribution in [2.45, 2.75) is 0 Å². The van der Waals surface area contributed by atoms with Gasteiger partial charge in [-0.2, -0.15) is 17.5 Å². The summed E-state index contributed by atoms with van der Waals surface area (Å²) in [5, 5.41) is 1.26. The van der Waals surface area contributed by atoms with Crippen LogP contribution in [0.5, 0.6) is 0 Å². The maximum absolute atomic E-state index is 10.8. The molecule has 10 heteroatoms. The summed E-state index contributed by atoms with van der Waals surface area (Å²) in [6.45, 7) is 1.54. The molecule has 14 heavy (non-hydrogen) atoms. The van der Waals surface area contributed by atoms with E-state index < -0.39 is 18.7 Å². The normalized spacial score (nSPS) is 22.1. The standard InChI is InChI=1S/C4H10NO7PS/c6-13(12-14(7,8)9)11-5-1-3-10-4-2-5/h13H,1-4H2,(H,7,8,9). The first-order valence-corrected chi connectivity index (χ1v) is 6.28. The molecule has 0 bridgehead atoms. The van der Waals surface area contributed by atoms with E-state index in [2.05, 4.69) is 8.59 Å². The van der Waals surface area contributed by atoms with Crippen LogP contribution in [-0.2, 0) is 28.3 Å². The van der Waals surface area contributed by atoms with Crippen LogP contribution >= 0.6 is 8.25 Å². The summed E-state index contributed by atoms with van der Waals surface area (Å²) >= 11 is 0. The first-order chi connectivity index (χ1) is 6.47. The molecule has 1 saturated heterocycles. The van der Waals surface area contributed by atoms with E-state index in [0.29, 0.717) is 26.3 Å². The average Bonchev–Trinajstić information content (AvgIpc) is 2.02. The van der Waals surface area contributed by atoms with Crippen molar-refractivity contribution in [2.24, 2.45) is 0 Å². The van der Waals surface area contributed by atoms with E-state index in [1.54, 1.807) is 0 Å². The SMILES string of the molecule is O=[PH](ON1CCOCC1)OS(=O)(=O)O. The zero-order chi connectivity index (χ0) is 10.6. The van der Waals surface area contributed by atoms with Gasteiger partial charge in [-0.15, -0.1) is 0 Å². The Kier molecular flexibility index (Phi) is 4.45. The van der Waals surface area contributed by atoms with Crippen LogP contribution in [0.1, 0.15) is 0 Å². The van der Waals surface area contributed by atoms with Gasteiger partial charge >= 0.3 is 18.7 Å². The van der Waals surface area contributed by atoms with Gasteiger partial charge in [0.1, 0.15) is 0 Å². The third-order valence-corrected chi connectivity index (χ3v) is 3.14. The molecule has 0 spiro atoms. The number of nitrogens with zero attached hydrogens (tertiary/aromatic N) is 1. The molecule has 1 fully saturated rings. The molecule has 8 nitrogen and oxygen atoms in total. The molecule has 1 aliphatic rings. The molecule has 1 unspecified atom stereocenters. The van der Waals surface area contributed by atoms with Crippen LogP contribution in [0, 0.1) is 0 Å². The Hall–Kier alpha value is -0.0200. The molecule has 0 saturated carbocycles. The maximum Gasteiger partial charge on any atom is 0.404 e. The highest BCUT2D eigenvalue weighted by Crippen LogP contribution is 2.27. The minimum atomic E-state index is -4.72. The van der Waals surface area contributed by atoms with Gasteiger partial charge in [-0.05, 0) is 0 Å². The lowest BCUT2D eigenvalue weighted by Gasteiger charge is -2.24. The van der Waals surface area contributed by atoms with Gasteiger partial charge in [-0.1, -0.05) is 0 Å². The van der Waals surface area contributed by atoms with E-state index in [0.717, 1.165) is 0 Å². The summed E-state index contributed by atoms with van der Waals surface area (Å²) in [5.41, 5.74) is 0. The molecular formula is C4H10NO7PS. The van der Waals surface area contributed by atoms with E-state index in [4.69, 9.17) is 9.29 Å². The summed E-state index contributed by atoms with van der Waals surface area (Å²) in [6, 6.07) is 0.